The van der Waals surface area contributed by atoms with Crippen molar-refractivity contribution in [1.82, 2.24) is 4.90 Å². The highest BCUT2D eigenvalue weighted by Crippen LogP contribution is 2.31. The van der Waals surface area contributed by atoms with E-state index >= 15 is 0 Å². The smallest absolute Gasteiger partial charge is 0.265 e. The molecular formula is C14H13NO2S2. The highest BCUT2D eigenvalue weighted by molar-refractivity contribution is 8.26. The van der Waals surface area contributed by atoms with E-state index in [0.29, 0.717) is 15.8 Å². The fraction of sp³-hybridized carbons (Fsp3) is 0.143. The van der Waals surface area contributed by atoms with Gasteiger partial charge in [0.25, 0.3) is 5.91 Å². The van der Waals surface area contributed by atoms with E-state index in [2.05, 4.69) is 6.58 Å². The van der Waals surface area contributed by atoms with Gasteiger partial charge in [-0.2, -0.15) is 0 Å². The number of benzene rings is 1. The molecule has 1 saturated heterocycles. The molecule has 1 aliphatic rings. The molecule has 0 bridgehead atoms. The third-order valence-corrected chi connectivity index (χ3v) is 4.02. The van der Waals surface area contributed by atoms with Crippen molar-refractivity contribution in [2.24, 2.45) is 0 Å². The van der Waals surface area contributed by atoms with Crippen LogP contribution in [0.3, 0.4) is 0 Å². The van der Waals surface area contributed by atoms with Gasteiger partial charge in [0.2, 0.25) is 0 Å². The highest BCUT2D eigenvalue weighted by Gasteiger charge is 2.28. The third-order valence-electron chi connectivity index (χ3n) is 2.53. The number of likely N-dealkylation sites (N-methyl/N-ethyl adjacent to an activating group) is 1. The molecule has 0 radical (unpaired) electrons. The number of nitrogens with zero attached hydrogens (tertiary/aromatic N) is 1. The summed E-state index contributed by atoms with van der Waals surface area (Å²) in [6, 6.07) is 7.53. The molecule has 1 aliphatic heterocycles. The zero-order valence-electron chi connectivity index (χ0n) is 10.5. The van der Waals surface area contributed by atoms with Crippen molar-refractivity contribution < 1.29 is 9.53 Å². The molecule has 19 heavy (non-hydrogen) atoms. The summed E-state index contributed by atoms with van der Waals surface area (Å²) in [6.45, 7) is 4.07. The maximum Gasteiger partial charge on any atom is 0.265 e. The summed E-state index contributed by atoms with van der Waals surface area (Å²) in [5.74, 6) is 0.724. The lowest BCUT2D eigenvalue weighted by Crippen LogP contribution is -2.22. The predicted octanol–water partition coefficient (Wildman–Crippen LogP) is 3.08. The summed E-state index contributed by atoms with van der Waals surface area (Å²) in [5, 5.41) is 0. The summed E-state index contributed by atoms with van der Waals surface area (Å²) in [6.07, 6.45) is 3.53. The number of ether oxygens (including phenoxy) is 1. The highest BCUT2D eigenvalue weighted by atomic mass is 32.2. The quantitative estimate of drug-likeness (QED) is 0.484. The van der Waals surface area contributed by atoms with Crippen LogP contribution in [0.4, 0.5) is 0 Å². The Morgan fingerprint density at radius 1 is 1.42 bits per heavy atom. The van der Waals surface area contributed by atoms with Crippen LogP contribution in [0.2, 0.25) is 0 Å². The summed E-state index contributed by atoms with van der Waals surface area (Å²) < 4.78 is 5.98. The SMILES string of the molecule is C=CCOc1ccc(/C=C2\SC(=S)N(C)C2=O)cc1. The third kappa shape index (κ3) is 3.24. The number of hydrogen-bond acceptors (Lipinski definition) is 4. The molecule has 0 spiro atoms. The number of thioether (sulfide) groups is 1. The molecule has 1 fully saturated rings. The topological polar surface area (TPSA) is 29.5 Å². The van der Waals surface area contributed by atoms with Crippen LogP contribution in [0.1, 0.15) is 5.56 Å². The van der Waals surface area contributed by atoms with Crippen LogP contribution >= 0.6 is 24.0 Å². The minimum atomic E-state index is -0.0537. The monoisotopic (exact) mass is 291 g/mol. The Morgan fingerprint density at radius 2 is 2.11 bits per heavy atom. The normalized spacial score (nSPS) is 17.1. The molecule has 0 saturated carbocycles. The fourth-order valence-electron chi connectivity index (χ4n) is 1.51. The van der Waals surface area contributed by atoms with Crippen molar-refractivity contribution in [3.05, 3.63) is 47.4 Å². The van der Waals surface area contributed by atoms with Crippen LogP contribution in [-0.4, -0.2) is 28.8 Å². The molecule has 1 heterocycles. The first-order valence-corrected chi connectivity index (χ1v) is 6.89. The van der Waals surface area contributed by atoms with Gasteiger partial charge in [-0.15, -0.1) is 0 Å². The van der Waals surface area contributed by atoms with Crippen LogP contribution in [-0.2, 0) is 4.79 Å². The second-order valence-electron chi connectivity index (χ2n) is 3.91. The number of carbonyl (C=O) groups is 1. The molecule has 0 aromatic heterocycles. The van der Waals surface area contributed by atoms with E-state index in [9.17, 15) is 4.79 Å². The Hall–Kier alpha value is -1.59. The molecule has 0 atom stereocenters. The minimum Gasteiger partial charge on any atom is -0.490 e. The predicted molar refractivity (Wildman–Crippen MR) is 83.1 cm³/mol. The molecule has 0 unspecified atom stereocenters. The second kappa shape index (κ2) is 6.04. The van der Waals surface area contributed by atoms with Crippen molar-refractivity contribution in [3.63, 3.8) is 0 Å². The first-order valence-electron chi connectivity index (χ1n) is 5.67. The van der Waals surface area contributed by atoms with Crippen molar-refractivity contribution in [2.75, 3.05) is 13.7 Å². The largest absolute Gasteiger partial charge is 0.490 e. The molecule has 1 aromatic carbocycles. The molecule has 0 aliphatic carbocycles. The van der Waals surface area contributed by atoms with Gasteiger partial charge in [-0.25, -0.2) is 0 Å². The van der Waals surface area contributed by atoms with E-state index in [1.165, 1.54) is 16.7 Å². The number of amides is 1. The van der Waals surface area contributed by atoms with Crippen molar-refractivity contribution >= 4 is 40.3 Å². The van der Waals surface area contributed by atoms with E-state index in [-0.39, 0.29) is 5.91 Å². The lowest BCUT2D eigenvalue weighted by molar-refractivity contribution is -0.121. The van der Waals surface area contributed by atoms with Gasteiger partial charge in [0, 0.05) is 7.05 Å². The van der Waals surface area contributed by atoms with E-state index in [4.69, 9.17) is 17.0 Å². The first kappa shape index (κ1) is 13.8. The molecule has 1 aromatic rings. The van der Waals surface area contributed by atoms with Gasteiger partial charge in [-0.05, 0) is 23.8 Å². The summed E-state index contributed by atoms with van der Waals surface area (Å²) in [4.78, 5) is 14.0. The molecule has 5 heteroatoms. The standard InChI is InChI=1S/C14H13NO2S2/c1-3-8-17-11-6-4-10(5-7-11)9-12-13(16)15(2)14(18)19-12/h3-7,9H,1,8H2,2H3/b12-9-. The van der Waals surface area contributed by atoms with Gasteiger partial charge in [0.1, 0.15) is 16.7 Å². The zero-order chi connectivity index (χ0) is 13.8. The number of hydrogen-bond donors (Lipinski definition) is 0. The zero-order valence-corrected chi connectivity index (χ0v) is 12.1. The Kier molecular flexibility index (Phi) is 4.39. The summed E-state index contributed by atoms with van der Waals surface area (Å²) in [5.41, 5.74) is 0.944. The van der Waals surface area contributed by atoms with Gasteiger partial charge in [-0.3, -0.25) is 9.69 Å². The van der Waals surface area contributed by atoms with E-state index in [1.807, 2.05) is 30.3 Å². The summed E-state index contributed by atoms with van der Waals surface area (Å²) in [7, 11) is 1.69. The van der Waals surface area contributed by atoms with Crippen LogP contribution in [0.25, 0.3) is 6.08 Å². The number of rotatable bonds is 4. The van der Waals surface area contributed by atoms with Crippen LogP contribution in [0.15, 0.2) is 41.8 Å². The number of thiocarbonyl (C=S) groups is 1. The van der Waals surface area contributed by atoms with Crippen LogP contribution < -0.4 is 4.74 Å². The average molecular weight is 291 g/mol. The first-order chi connectivity index (χ1) is 9.11. The van der Waals surface area contributed by atoms with Crippen LogP contribution in [0.5, 0.6) is 5.75 Å². The summed E-state index contributed by atoms with van der Waals surface area (Å²) >= 11 is 6.40. The van der Waals surface area contributed by atoms with Crippen molar-refractivity contribution in [2.45, 2.75) is 0 Å². The molecule has 3 nitrogen and oxygen atoms in total. The van der Waals surface area contributed by atoms with Gasteiger partial charge in [0.15, 0.2) is 0 Å². The lowest BCUT2D eigenvalue weighted by Gasteiger charge is -2.04. The molecule has 0 N–H and O–H groups in total. The molecule has 1 amide bonds. The van der Waals surface area contributed by atoms with Gasteiger partial charge >= 0.3 is 0 Å². The number of carbonyl (C=O) groups excluding carboxylic acids is 1. The van der Waals surface area contributed by atoms with Crippen molar-refractivity contribution in [3.8, 4) is 5.75 Å². The Morgan fingerprint density at radius 3 is 2.63 bits per heavy atom. The van der Waals surface area contributed by atoms with Crippen LogP contribution in [0, 0.1) is 0 Å². The van der Waals surface area contributed by atoms with E-state index < -0.39 is 0 Å². The maximum atomic E-state index is 11.8. The average Bonchev–Trinajstić information content (AvgIpc) is 2.66. The molecule has 98 valence electrons. The van der Waals surface area contributed by atoms with Crippen molar-refractivity contribution in [1.29, 1.82) is 0 Å². The molecule has 2 rings (SSSR count). The fourth-order valence-corrected chi connectivity index (χ4v) is 2.69. The second-order valence-corrected chi connectivity index (χ2v) is 5.59. The van der Waals surface area contributed by atoms with E-state index in [1.54, 1.807) is 13.1 Å². The Balaban J connectivity index is 2.13. The maximum absolute atomic E-state index is 11.8. The van der Waals surface area contributed by atoms with Gasteiger partial charge < -0.3 is 4.74 Å². The molecular weight excluding hydrogens is 278 g/mol. The Labute approximate surface area is 121 Å². The lowest BCUT2D eigenvalue weighted by atomic mass is 10.2. The van der Waals surface area contributed by atoms with E-state index in [0.717, 1.165) is 11.3 Å². The Bertz CT molecular complexity index is 549. The minimum absolute atomic E-state index is 0.0537. The van der Waals surface area contributed by atoms with Gasteiger partial charge in [0.05, 0.1) is 4.91 Å². The van der Waals surface area contributed by atoms with Gasteiger partial charge in [-0.1, -0.05) is 48.8 Å².